The molecule has 0 aliphatic carbocycles. The minimum Gasteiger partial charge on any atom is -0.494 e. The first-order valence-electron chi connectivity index (χ1n) is 11.4. The molecule has 2 amide bonds. The van der Waals surface area contributed by atoms with Gasteiger partial charge < -0.3 is 14.5 Å². The van der Waals surface area contributed by atoms with Crippen LogP contribution in [0.1, 0.15) is 27.9 Å². The van der Waals surface area contributed by atoms with Crippen molar-refractivity contribution in [1.82, 2.24) is 14.8 Å². The maximum atomic E-state index is 13.0. The fourth-order valence-corrected chi connectivity index (χ4v) is 3.96. The maximum Gasteiger partial charge on any atom is 0.254 e. The molecule has 2 aromatic carbocycles. The highest BCUT2D eigenvalue weighted by Gasteiger charge is 2.25. The molecule has 170 valence electrons. The van der Waals surface area contributed by atoms with Gasteiger partial charge in [-0.25, -0.2) is 0 Å². The number of aromatic nitrogens is 1. The van der Waals surface area contributed by atoms with Crippen LogP contribution in [0.15, 0.2) is 79.1 Å². The molecule has 6 heteroatoms. The molecule has 0 unspecified atom stereocenters. The zero-order chi connectivity index (χ0) is 22.9. The lowest BCUT2D eigenvalue weighted by Gasteiger charge is -2.35. The average Bonchev–Trinajstić information content (AvgIpc) is 2.88. The molecule has 0 N–H and O–H groups in total. The molecule has 33 heavy (non-hydrogen) atoms. The monoisotopic (exact) mass is 443 g/mol. The number of rotatable bonds is 8. The van der Waals surface area contributed by atoms with Crippen molar-refractivity contribution < 1.29 is 14.3 Å². The SMILES string of the molecule is O=C(Cc1cccnc1)N1CCN(C(=O)c2cccc(OCCCc3ccccc3)c2)CC1. The van der Waals surface area contributed by atoms with E-state index >= 15 is 0 Å². The summed E-state index contributed by atoms with van der Waals surface area (Å²) in [6.07, 6.45) is 5.63. The van der Waals surface area contributed by atoms with Crippen molar-refractivity contribution in [3.63, 3.8) is 0 Å². The number of ether oxygens (including phenoxy) is 1. The fraction of sp³-hybridized carbons (Fsp3) is 0.296. The topological polar surface area (TPSA) is 62.7 Å². The second-order valence-corrected chi connectivity index (χ2v) is 8.18. The molecule has 1 aliphatic rings. The summed E-state index contributed by atoms with van der Waals surface area (Å²) in [6, 6.07) is 21.4. The molecule has 0 spiro atoms. The van der Waals surface area contributed by atoms with Crippen LogP contribution in [0.2, 0.25) is 0 Å². The minimum absolute atomic E-state index is 0.0240. The van der Waals surface area contributed by atoms with Crippen LogP contribution < -0.4 is 4.74 Å². The van der Waals surface area contributed by atoms with Crippen molar-refractivity contribution >= 4 is 11.8 Å². The third-order valence-corrected chi connectivity index (χ3v) is 5.80. The number of nitrogens with zero attached hydrogens (tertiary/aromatic N) is 3. The summed E-state index contributed by atoms with van der Waals surface area (Å²) in [5.74, 6) is 0.754. The van der Waals surface area contributed by atoms with E-state index in [1.165, 1.54) is 5.56 Å². The molecular formula is C27H29N3O3. The minimum atomic E-state index is -0.0240. The summed E-state index contributed by atoms with van der Waals surface area (Å²) < 4.78 is 5.88. The smallest absolute Gasteiger partial charge is 0.254 e. The van der Waals surface area contributed by atoms with Crippen molar-refractivity contribution in [2.45, 2.75) is 19.3 Å². The first-order valence-corrected chi connectivity index (χ1v) is 11.4. The van der Waals surface area contributed by atoms with Gasteiger partial charge in [-0.2, -0.15) is 0 Å². The Morgan fingerprint density at radius 3 is 2.36 bits per heavy atom. The summed E-state index contributed by atoms with van der Waals surface area (Å²) in [4.78, 5) is 33.2. The van der Waals surface area contributed by atoms with E-state index in [4.69, 9.17) is 4.74 Å². The van der Waals surface area contributed by atoms with E-state index < -0.39 is 0 Å². The first kappa shape index (κ1) is 22.5. The third-order valence-electron chi connectivity index (χ3n) is 5.80. The molecule has 1 aromatic heterocycles. The molecule has 4 rings (SSSR count). The van der Waals surface area contributed by atoms with Gasteiger partial charge in [0, 0.05) is 44.1 Å². The highest BCUT2D eigenvalue weighted by molar-refractivity contribution is 5.94. The maximum absolute atomic E-state index is 13.0. The zero-order valence-corrected chi connectivity index (χ0v) is 18.7. The van der Waals surface area contributed by atoms with Gasteiger partial charge in [0.15, 0.2) is 0 Å². The standard InChI is InChI=1S/C27H29N3O3/c31-26(19-23-9-5-13-28-21-23)29-14-16-30(17-15-29)27(32)24-11-4-12-25(20-24)33-18-6-10-22-7-2-1-3-8-22/h1-5,7-9,11-13,20-21H,6,10,14-19H2. The van der Waals surface area contributed by atoms with Gasteiger partial charge in [0.1, 0.15) is 5.75 Å². The normalized spacial score (nSPS) is 13.6. The van der Waals surface area contributed by atoms with Gasteiger partial charge in [-0.05, 0) is 48.2 Å². The Hall–Kier alpha value is -3.67. The number of piperazine rings is 1. The number of amides is 2. The van der Waals surface area contributed by atoms with Crippen molar-refractivity contribution in [3.8, 4) is 5.75 Å². The van der Waals surface area contributed by atoms with Gasteiger partial charge in [0.2, 0.25) is 5.91 Å². The van der Waals surface area contributed by atoms with E-state index in [0.29, 0.717) is 50.5 Å². The van der Waals surface area contributed by atoms with Gasteiger partial charge in [-0.1, -0.05) is 42.5 Å². The van der Waals surface area contributed by atoms with E-state index in [-0.39, 0.29) is 11.8 Å². The molecule has 3 aromatic rings. The number of hydrogen-bond acceptors (Lipinski definition) is 4. The quantitative estimate of drug-likeness (QED) is 0.499. The molecule has 0 radical (unpaired) electrons. The van der Waals surface area contributed by atoms with Crippen molar-refractivity contribution in [1.29, 1.82) is 0 Å². The molecule has 1 fully saturated rings. The van der Waals surface area contributed by atoms with Crippen LogP contribution in [-0.4, -0.2) is 59.4 Å². The van der Waals surface area contributed by atoms with E-state index in [1.807, 2.05) is 64.4 Å². The van der Waals surface area contributed by atoms with Crippen LogP contribution in [0.4, 0.5) is 0 Å². The lowest BCUT2D eigenvalue weighted by Crippen LogP contribution is -2.51. The van der Waals surface area contributed by atoms with Gasteiger partial charge in [-0.15, -0.1) is 0 Å². The molecule has 1 saturated heterocycles. The van der Waals surface area contributed by atoms with E-state index in [9.17, 15) is 9.59 Å². The zero-order valence-electron chi connectivity index (χ0n) is 18.7. The number of carbonyl (C=O) groups excluding carboxylic acids is 2. The van der Waals surface area contributed by atoms with Crippen LogP contribution in [0, 0.1) is 0 Å². The summed E-state index contributed by atoms with van der Waals surface area (Å²) in [6.45, 7) is 2.74. The molecule has 0 atom stereocenters. The van der Waals surface area contributed by atoms with Gasteiger partial charge in [0.25, 0.3) is 5.91 Å². The number of aryl methyl sites for hydroxylation is 1. The van der Waals surface area contributed by atoms with Crippen LogP contribution in [0.3, 0.4) is 0 Å². The Morgan fingerprint density at radius 2 is 1.61 bits per heavy atom. The van der Waals surface area contributed by atoms with E-state index in [0.717, 1.165) is 18.4 Å². The number of benzene rings is 2. The first-order chi connectivity index (χ1) is 16.2. The summed E-state index contributed by atoms with van der Waals surface area (Å²) in [5, 5.41) is 0. The molecule has 0 bridgehead atoms. The van der Waals surface area contributed by atoms with Crippen molar-refractivity contribution in [2.75, 3.05) is 32.8 Å². The summed E-state index contributed by atoms with van der Waals surface area (Å²) in [5.41, 5.74) is 2.82. The largest absolute Gasteiger partial charge is 0.494 e. The predicted molar refractivity (Wildman–Crippen MR) is 127 cm³/mol. The second-order valence-electron chi connectivity index (χ2n) is 8.18. The lowest BCUT2D eigenvalue weighted by molar-refractivity contribution is -0.131. The highest BCUT2D eigenvalue weighted by Crippen LogP contribution is 2.17. The molecular weight excluding hydrogens is 414 g/mol. The number of hydrogen-bond donors (Lipinski definition) is 0. The highest BCUT2D eigenvalue weighted by atomic mass is 16.5. The second kappa shape index (κ2) is 11.3. The Kier molecular flexibility index (Phi) is 7.69. The average molecular weight is 444 g/mol. The van der Waals surface area contributed by atoms with Crippen molar-refractivity contribution in [3.05, 3.63) is 95.8 Å². The fourth-order valence-electron chi connectivity index (χ4n) is 3.96. The molecule has 1 aliphatic heterocycles. The Labute approximate surface area is 194 Å². The van der Waals surface area contributed by atoms with Crippen LogP contribution in [0.25, 0.3) is 0 Å². The Bertz CT molecular complexity index is 1050. The van der Waals surface area contributed by atoms with Crippen LogP contribution in [-0.2, 0) is 17.6 Å². The van der Waals surface area contributed by atoms with E-state index in [1.54, 1.807) is 12.4 Å². The Morgan fingerprint density at radius 1 is 0.848 bits per heavy atom. The van der Waals surface area contributed by atoms with Gasteiger partial charge >= 0.3 is 0 Å². The summed E-state index contributed by atoms with van der Waals surface area (Å²) in [7, 11) is 0. The van der Waals surface area contributed by atoms with E-state index in [2.05, 4.69) is 17.1 Å². The molecule has 6 nitrogen and oxygen atoms in total. The van der Waals surface area contributed by atoms with Crippen LogP contribution >= 0.6 is 0 Å². The Balaban J connectivity index is 1.24. The van der Waals surface area contributed by atoms with Crippen molar-refractivity contribution in [2.24, 2.45) is 0 Å². The lowest BCUT2D eigenvalue weighted by atomic mass is 10.1. The van der Waals surface area contributed by atoms with Gasteiger partial charge in [-0.3, -0.25) is 14.6 Å². The number of carbonyl (C=O) groups is 2. The van der Waals surface area contributed by atoms with Crippen LogP contribution in [0.5, 0.6) is 5.75 Å². The number of pyridine rings is 1. The van der Waals surface area contributed by atoms with Gasteiger partial charge in [0.05, 0.1) is 13.0 Å². The summed E-state index contributed by atoms with van der Waals surface area (Å²) >= 11 is 0. The molecule has 0 saturated carbocycles. The predicted octanol–water partition coefficient (Wildman–Crippen LogP) is 3.62. The third kappa shape index (κ3) is 6.42. The molecule has 2 heterocycles.